The highest BCUT2D eigenvalue weighted by Gasteiger charge is 2.37. The Hall–Kier alpha value is -0.870. The van der Waals surface area contributed by atoms with Crippen LogP contribution in [0.5, 0.6) is 0 Å². The fourth-order valence-corrected chi connectivity index (χ4v) is 1.66. The molecular formula is C14H30N2O2. The molecule has 1 N–H and O–H groups in total. The van der Waals surface area contributed by atoms with Crippen molar-refractivity contribution in [2.45, 2.75) is 46.2 Å². The number of nitrogens with zero attached hydrogens (tertiary/aromatic N) is 1. The molecule has 0 radical (unpaired) electrons. The Balaban J connectivity index is 0. The molecule has 1 saturated heterocycles. The Morgan fingerprint density at radius 2 is 2.00 bits per heavy atom. The van der Waals surface area contributed by atoms with Gasteiger partial charge in [0.25, 0.3) is 0 Å². The molecule has 1 aliphatic rings. The number of carbonyl (C=O) groups is 1. The van der Waals surface area contributed by atoms with Gasteiger partial charge in [-0.25, -0.2) is 0 Å². The molecule has 0 aromatic rings. The molecule has 0 atom stereocenters. The molecule has 0 aromatic carbocycles. The molecule has 0 unspecified atom stereocenters. The molecule has 1 amide bonds. The molecule has 0 spiro atoms. The summed E-state index contributed by atoms with van der Waals surface area (Å²) in [6.45, 7) is 16.0. The lowest BCUT2D eigenvalue weighted by Gasteiger charge is -2.45. The van der Waals surface area contributed by atoms with Gasteiger partial charge in [-0.15, -0.1) is 0 Å². The highest BCUT2D eigenvalue weighted by Crippen LogP contribution is 2.26. The zero-order chi connectivity index (χ0) is 14.3. The molecule has 0 saturated carbocycles. The van der Waals surface area contributed by atoms with Crippen molar-refractivity contribution in [1.82, 2.24) is 10.2 Å². The van der Waals surface area contributed by atoms with Gasteiger partial charge in [-0.1, -0.05) is 20.4 Å². The zero-order valence-electron chi connectivity index (χ0n) is 12.7. The molecule has 1 fully saturated rings. The maximum absolute atomic E-state index is 11.8. The van der Waals surface area contributed by atoms with Crippen molar-refractivity contribution < 1.29 is 11.0 Å². The molecule has 1 aliphatic heterocycles. The first-order chi connectivity index (χ1) is 8.41. The highest BCUT2D eigenvalue weighted by molar-refractivity contribution is 5.94. The van der Waals surface area contributed by atoms with Gasteiger partial charge in [-0.3, -0.25) is 9.69 Å². The Bertz CT molecular complexity index is 289. The second kappa shape index (κ2) is 7.54. The van der Waals surface area contributed by atoms with Crippen LogP contribution in [0.3, 0.4) is 0 Å². The highest BCUT2D eigenvalue weighted by atomic mass is 16.5. The predicted octanol–water partition coefficient (Wildman–Crippen LogP) is 2.06. The summed E-state index contributed by atoms with van der Waals surface area (Å²) in [4.78, 5) is 13.9. The third kappa shape index (κ3) is 3.82. The van der Waals surface area contributed by atoms with E-state index >= 15 is 0 Å². The summed E-state index contributed by atoms with van der Waals surface area (Å²) < 4.78 is 5.17. The minimum Gasteiger partial charge on any atom is -0.378 e. The fourth-order valence-electron chi connectivity index (χ4n) is 1.66. The molecule has 108 valence electrons. The second-order valence-electron chi connectivity index (χ2n) is 4.70. The SMILES string of the molecule is C=C(C(=O)NCC)C(C)(C)N(C)C1COC1.CC.[HH]. The number of likely N-dealkylation sites (N-methyl/N-ethyl adjacent to an activating group) is 2. The standard InChI is InChI=1S/C12H22N2O2.C2H6.H2/c1-6-13-11(15)9(2)12(3,4)14(5)10-7-16-8-10;1-2;/h10H,2,6-8H2,1,3-5H3,(H,13,15);1-2H3;1H. The Labute approximate surface area is 113 Å². The van der Waals surface area contributed by atoms with Gasteiger partial charge in [-0.2, -0.15) is 0 Å². The molecule has 0 aliphatic carbocycles. The van der Waals surface area contributed by atoms with Gasteiger partial charge in [0.05, 0.1) is 19.3 Å². The van der Waals surface area contributed by atoms with E-state index in [0.29, 0.717) is 18.2 Å². The summed E-state index contributed by atoms with van der Waals surface area (Å²) in [5.41, 5.74) is 0.261. The number of amides is 1. The first-order valence-corrected chi connectivity index (χ1v) is 6.69. The normalized spacial score (nSPS) is 15.5. The predicted molar refractivity (Wildman–Crippen MR) is 77.7 cm³/mol. The molecule has 1 heterocycles. The molecule has 1 rings (SSSR count). The summed E-state index contributed by atoms with van der Waals surface area (Å²) >= 11 is 0. The van der Waals surface area contributed by atoms with E-state index in [9.17, 15) is 4.79 Å². The van der Waals surface area contributed by atoms with Crippen LogP contribution in [-0.2, 0) is 9.53 Å². The first-order valence-electron chi connectivity index (χ1n) is 6.69. The van der Waals surface area contributed by atoms with Crippen LogP contribution in [0.4, 0.5) is 0 Å². The number of nitrogens with one attached hydrogen (secondary N) is 1. The Morgan fingerprint density at radius 1 is 1.50 bits per heavy atom. The number of rotatable bonds is 5. The Kier molecular flexibility index (Phi) is 7.18. The lowest BCUT2D eigenvalue weighted by atomic mass is 9.91. The summed E-state index contributed by atoms with van der Waals surface area (Å²) in [6, 6.07) is 0.390. The van der Waals surface area contributed by atoms with E-state index in [1.54, 1.807) is 0 Å². The lowest BCUT2D eigenvalue weighted by molar-refractivity contribution is -0.120. The van der Waals surface area contributed by atoms with E-state index in [-0.39, 0.29) is 12.9 Å². The molecular weight excluding hydrogens is 228 g/mol. The van der Waals surface area contributed by atoms with Crippen LogP contribution >= 0.6 is 0 Å². The van der Waals surface area contributed by atoms with Gasteiger partial charge in [0.15, 0.2) is 0 Å². The third-order valence-electron chi connectivity index (χ3n) is 3.40. The largest absolute Gasteiger partial charge is 0.378 e. The van der Waals surface area contributed by atoms with E-state index in [1.165, 1.54) is 0 Å². The summed E-state index contributed by atoms with van der Waals surface area (Å²) in [7, 11) is 2.01. The number of hydrogen-bond acceptors (Lipinski definition) is 3. The van der Waals surface area contributed by atoms with Gasteiger partial charge in [0.1, 0.15) is 0 Å². The minimum absolute atomic E-state index is 0. The fraction of sp³-hybridized carbons (Fsp3) is 0.786. The number of carbonyl (C=O) groups excluding carboxylic acids is 1. The monoisotopic (exact) mass is 258 g/mol. The quantitative estimate of drug-likeness (QED) is 0.768. The van der Waals surface area contributed by atoms with Gasteiger partial charge in [-0.05, 0) is 27.8 Å². The van der Waals surface area contributed by atoms with Crippen LogP contribution in [0.2, 0.25) is 0 Å². The van der Waals surface area contributed by atoms with Crippen LogP contribution in [0.1, 0.15) is 36.0 Å². The van der Waals surface area contributed by atoms with Crippen molar-refractivity contribution in [3.05, 3.63) is 12.2 Å². The average molecular weight is 258 g/mol. The van der Waals surface area contributed by atoms with Gasteiger partial charge in [0, 0.05) is 19.1 Å². The third-order valence-corrected chi connectivity index (χ3v) is 3.40. The second-order valence-corrected chi connectivity index (χ2v) is 4.70. The van der Waals surface area contributed by atoms with Gasteiger partial charge < -0.3 is 10.1 Å². The van der Waals surface area contributed by atoms with Crippen LogP contribution in [0.25, 0.3) is 0 Å². The van der Waals surface area contributed by atoms with Crippen molar-refractivity contribution in [1.29, 1.82) is 0 Å². The average Bonchev–Trinajstić information content (AvgIpc) is 2.28. The van der Waals surface area contributed by atoms with Crippen molar-refractivity contribution in [2.75, 3.05) is 26.8 Å². The number of ether oxygens (including phenoxy) is 1. The summed E-state index contributed by atoms with van der Waals surface area (Å²) in [5.74, 6) is -0.0698. The molecule has 4 heteroatoms. The van der Waals surface area contributed by atoms with E-state index in [4.69, 9.17) is 4.74 Å². The molecule has 18 heavy (non-hydrogen) atoms. The zero-order valence-corrected chi connectivity index (χ0v) is 12.7. The minimum atomic E-state index is -0.340. The lowest BCUT2D eigenvalue weighted by Crippen LogP contribution is -2.57. The smallest absolute Gasteiger partial charge is 0.248 e. The topological polar surface area (TPSA) is 41.6 Å². The van der Waals surface area contributed by atoms with Crippen LogP contribution in [0.15, 0.2) is 12.2 Å². The van der Waals surface area contributed by atoms with Crippen molar-refractivity contribution in [3.8, 4) is 0 Å². The van der Waals surface area contributed by atoms with Crippen molar-refractivity contribution in [3.63, 3.8) is 0 Å². The number of hydrogen-bond donors (Lipinski definition) is 1. The van der Waals surface area contributed by atoms with E-state index in [1.807, 2.05) is 41.7 Å². The molecule has 0 aromatic heterocycles. The summed E-state index contributed by atoms with van der Waals surface area (Å²) in [6.07, 6.45) is 0. The van der Waals surface area contributed by atoms with Crippen molar-refractivity contribution >= 4 is 5.91 Å². The molecule has 4 nitrogen and oxygen atoms in total. The van der Waals surface area contributed by atoms with Crippen LogP contribution in [0, 0.1) is 0 Å². The molecule has 0 bridgehead atoms. The maximum Gasteiger partial charge on any atom is 0.248 e. The van der Waals surface area contributed by atoms with Crippen LogP contribution in [-0.4, -0.2) is 49.2 Å². The maximum atomic E-state index is 11.8. The van der Waals surface area contributed by atoms with Gasteiger partial charge >= 0.3 is 0 Å². The first kappa shape index (κ1) is 17.1. The van der Waals surface area contributed by atoms with Crippen LogP contribution < -0.4 is 5.32 Å². The van der Waals surface area contributed by atoms with E-state index in [2.05, 4.69) is 16.8 Å². The van der Waals surface area contributed by atoms with Gasteiger partial charge in [0.2, 0.25) is 5.91 Å². The van der Waals surface area contributed by atoms with E-state index in [0.717, 1.165) is 13.2 Å². The van der Waals surface area contributed by atoms with E-state index < -0.39 is 0 Å². The Morgan fingerprint density at radius 3 is 2.33 bits per heavy atom. The van der Waals surface area contributed by atoms with Crippen molar-refractivity contribution in [2.24, 2.45) is 0 Å². The summed E-state index contributed by atoms with van der Waals surface area (Å²) in [5, 5.41) is 2.78.